The monoisotopic (exact) mass is 689 g/mol. The van der Waals surface area contributed by atoms with Gasteiger partial charge < -0.3 is 14.2 Å². The van der Waals surface area contributed by atoms with E-state index < -0.39 is 6.10 Å². The van der Waals surface area contributed by atoms with E-state index in [4.69, 9.17) is 14.2 Å². The van der Waals surface area contributed by atoms with Crippen LogP contribution in [0, 0.1) is 0 Å². The number of esters is 3. The first-order chi connectivity index (χ1) is 24.0. The Morgan fingerprint density at radius 2 is 0.796 bits per heavy atom. The highest BCUT2D eigenvalue weighted by Gasteiger charge is 2.19. The summed E-state index contributed by atoms with van der Waals surface area (Å²) in [5, 5.41) is 0. The maximum absolute atomic E-state index is 12.6. The zero-order chi connectivity index (χ0) is 35.9. The van der Waals surface area contributed by atoms with Gasteiger partial charge in [0.1, 0.15) is 13.2 Å². The molecule has 6 heteroatoms. The van der Waals surface area contributed by atoms with Gasteiger partial charge in [-0.3, -0.25) is 14.4 Å². The summed E-state index contributed by atoms with van der Waals surface area (Å²) >= 11 is 0. The van der Waals surface area contributed by atoms with Crippen LogP contribution in [0.15, 0.2) is 36.5 Å². The van der Waals surface area contributed by atoms with Gasteiger partial charge in [-0.25, -0.2) is 0 Å². The molecule has 0 saturated heterocycles. The highest BCUT2D eigenvalue weighted by molar-refractivity contribution is 5.71. The number of allylic oxidation sites excluding steroid dienone is 6. The predicted octanol–water partition coefficient (Wildman–Crippen LogP) is 12.6. The standard InChI is InChI=1S/C43H76O6/c1-4-7-10-13-16-19-20-21-22-23-24-25-28-30-33-36-42(45)48-39-40(49-43(46)37-34-31-27-18-15-12-9-6-3)38-47-41(44)35-32-29-26-17-14-11-8-5-2/h7,10,16,19,21-22,40H,4-6,8-9,11-15,17-18,20,23-39H2,1-3H3/b10-7-,19-16-,22-21-. The first kappa shape index (κ1) is 46.6. The van der Waals surface area contributed by atoms with Crippen LogP contribution < -0.4 is 0 Å². The lowest BCUT2D eigenvalue weighted by atomic mass is 10.1. The molecule has 0 aromatic heterocycles. The Bertz CT molecular complexity index is 845. The number of hydrogen-bond acceptors (Lipinski definition) is 6. The maximum atomic E-state index is 12.6. The van der Waals surface area contributed by atoms with Crippen molar-refractivity contribution in [3.05, 3.63) is 36.5 Å². The molecule has 6 nitrogen and oxygen atoms in total. The molecule has 0 N–H and O–H groups in total. The maximum Gasteiger partial charge on any atom is 0.306 e. The molecular formula is C43H76O6. The van der Waals surface area contributed by atoms with Crippen molar-refractivity contribution >= 4 is 17.9 Å². The second-order valence-corrected chi connectivity index (χ2v) is 13.5. The first-order valence-electron chi connectivity index (χ1n) is 20.5. The van der Waals surface area contributed by atoms with Crippen molar-refractivity contribution < 1.29 is 28.6 Å². The second kappa shape index (κ2) is 38.4. The molecule has 0 heterocycles. The molecule has 1 unspecified atom stereocenters. The number of unbranched alkanes of at least 4 members (excludes halogenated alkanes) is 19. The van der Waals surface area contributed by atoms with Gasteiger partial charge in [0.15, 0.2) is 6.10 Å². The minimum atomic E-state index is -0.769. The van der Waals surface area contributed by atoms with Crippen LogP contribution in [0.4, 0.5) is 0 Å². The second-order valence-electron chi connectivity index (χ2n) is 13.5. The van der Waals surface area contributed by atoms with Crippen LogP contribution in [0.5, 0.6) is 0 Å². The lowest BCUT2D eigenvalue weighted by Crippen LogP contribution is -2.30. The van der Waals surface area contributed by atoms with E-state index in [1.807, 2.05) is 0 Å². The molecule has 1 atom stereocenters. The summed E-state index contributed by atoms with van der Waals surface area (Å²) in [5.41, 5.74) is 0. The number of carbonyl (C=O) groups excluding carboxylic acids is 3. The molecule has 0 fully saturated rings. The van der Waals surface area contributed by atoms with Gasteiger partial charge in [0.25, 0.3) is 0 Å². The SMILES string of the molecule is CC/C=C\C/C=C\C/C=C\CCCCCCCC(=O)OCC(COC(=O)CCCCCCCCCC)OC(=O)CCCCCCCCCC. The Morgan fingerprint density at radius 3 is 1.24 bits per heavy atom. The largest absolute Gasteiger partial charge is 0.462 e. The third-order valence-electron chi connectivity index (χ3n) is 8.66. The van der Waals surface area contributed by atoms with Crippen molar-refractivity contribution in [2.75, 3.05) is 13.2 Å². The Balaban J connectivity index is 4.32. The Kier molecular flexibility index (Phi) is 36.6. The summed E-state index contributed by atoms with van der Waals surface area (Å²) in [6.45, 7) is 6.43. The Morgan fingerprint density at radius 1 is 0.429 bits per heavy atom. The van der Waals surface area contributed by atoms with Gasteiger partial charge >= 0.3 is 17.9 Å². The highest BCUT2D eigenvalue weighted by atomic mass is 16.6. The lowest BCUT2D eigenvalue weighted by molar-refractivity contribution is -0.167. The van der Waals surface area contributed by atoms with E-state index in [1.54, 1.807) is 0 Å². The van der Waals surface area contributed by atoms with Gasteiger partial charge in [-0.15, -0.1) is 0 Å². The molecule has 0 saturated carbocycles. The highest BCUT2D eigenvalue weighted by Crippen LogP contribution is 2.13. The minimum Gasteiger partial charge on any atom is -0.462 e. The average molecular weight is 689 g/mol. The fourth-order valence-electron chi connectivity index (χ4n) is 5.57. The van der Waals surface area contributed by atoms with Crippen molar-refractivity contribution in [2.45, 2.75) is 207 Å². The van der Waals surface area contributed by atoms with E-state index in [9.17, 15) is 14.4 Å². The fourth-order valence-corrected chi connectivity index (χ4v) is 5.57. The number of rotatable bonds is 36. The summed E-state index contributed by atoms with van der Waals surface area (Å²) in [5.74, 6) is -0.905. The third-order valence-corrected chi connectivity index (χ3v) is 8.66. The van der Waals surface area contributed by atoms with Gasteiger partial charge in [0.2, 0.25) is 0 Å². The normalized spacial score (nSPS) is 12.3. The smallest absolute Gasteiger partial charge is 0.306 e. The zero-order valence-electron chi connectivity index (χ0n) is 32.2. The van der Waals surface area contributed by atoms with Gasteiger partial charge in [0, 0.05) is 19.3 Å². The molecule has 0 aromatic carbocycles. The molecule has 0 bridgehead atoms. The van der Waals surface area contributed by atoms with E-state index >= 15 is 0 Å². The Labute approximate surface area is 302 Å². The predicted molar refractivity (Wildman–Crippen MR) is 206 cm³/mol. The van der Waals surface area contributed by atoms with E-state index in [0.717, 1.165) is 96.3 Å². The van der Waals surface area contributed by atoms with Crippen LogP contribution in [-0.2, 0) is 28.6 Å². The third kappa shape index (κ3) is 36.7. The molecule has 0 rings (SSSR count). The summed E-state index contributed by atoms with van der Waals surface area (Å²) in [7, 11) is 0. The Hall–Kier alpha value is -2.37. The van der Waals surface area contributed by atoms with Gasteiger partial charge in [-0.05, 0) is 51.4 Å². The molecule has 0 amide bonds. The number of carbonyl (C=O) groups is 3. The molecular weight excluding hydrogens is 612 g/mol. The molecule has 0 aromatic rings. The molecule has 49 heavy (non-hydrogen) atoms. The number of hydrogen-bond donors (Lipinski definition) is 0. The van der Waals surface area contributed by atoms with E-state index in [0.29, 0.717) is 19.3 Å². The molecule has 0 aliphatic heterocycles. The quantitative estimate of drug-likeness (QED) is 0.0282. The van der Waals surface area contributed by atoms with Crippen molar-refractivity contribution in [2.24, 2.45) is 0 Å². The number of ether oxygens (including phenoxy) is 3. The minimum absolute atomic E-state index is 0.0761. The topological polar surface area (TPSA) is 78.9 Å². The van der Waals surface area contributed by atoms with Gasteiger partial charge in [-0.1, -0.05) is 166 Å². The summed E-state index contributed by atoms with van der Waals surface area (Å²) in [4.78, 5) is 37.4. The lowest BCUT2D eigenvalue weighted by Gasteiger charge is -2.18. The zero-order valence-corrected chi connectivity index (χ0v) is 32.2. The van der Waals surface area contributed by atoms with E-state index in [2.05, 4.69) is 57.2 Å². The van der Waals surface area contributed by atoms with Crippen molar-refractivity contribution in [1.29, 1.82) is 0 Å². The van der Waals surface area contributed by atoms with Crippen LogP contribution >= 0.6 is 0 Å². The fraction of sp³-hybridized carbons (Fsp3) is 0.791. The molecule has 0 aliphatic rings. The van der Waals surface area contributed by atoms with Crippen LogP contribution in [0.25, 0.3) is 0 Å². The summed E-state index contributed by atoms with van der Waals surface area (Å²) < 4.78 is 16.6. The van der Waals surface area contributed by atoms with Crippen LogP contribution in [0.2, 0.25) is 0 Å². The van der Waals surface area contributed by atoms with Crippen LogP contribution in [0.1, 0.15) is 201 Å². The first-order valence-corrected chi connectivity index (χ1v) is 20.5. The summed E-state index contributed by atoms with van der Waals surface area (Å²) in [6.07, 6.45) is 41.4. The molecule has 0 aliphatic carbocycles. The van der Waals surface area contributed by atoms with Gasteiger partial charge in [0.05, 0.1) is 0 Å². The van der Waals surface area contributed by atoms with Crippen LogP contribution in [-0.4, -0.2) is 37.2 Å². The van der Waals surface area contributed by atoms with Crippen LogP contribution in [0.3, 0.4) is 0 Å². The molecule has 284 valence electrons. The van der Waals surface area contributed by atoms with Crippen molar-refractivity contribution in [3.63, 3.8) is 0 Å². The van der Waals surface area contributed by atoms with E-state index in [1.165, 1.54) is 64.2 Å². The van der Waals surface area contributed by atoms with E-state index in [-0.39, 0.29) is 31.1 Å². The molecule has 0 radical (unpaired) electrons. The van der Waals surface area contributed by atoms with Crippen molar-refractivity contribution in [1.82, 2.24) is 0 Å². The van der Waals surface area contributed by atoms with Crippen molar-refractivity contribution in [3.8, 4) is 0 Å². The summed E-state index contributed by atoms with van der Waals surface area (Å²) in [6, 6.07) is 0. The molecule has 0 spiro atoms. The average Bonchev–Trinajstić information content (AvgIpc) is 3.10. The van der Waals surface area contributed by atoms with Gasteiger partial charge in [-0.2, -0.15) is 0 Å².